The smallest absolute Gasteiger partial charge is 0.342 e. The number of pyridine rings is 1. The molecule has 6 heteroatoms. The van der Waals surface area contributed by atoms with E-state index in [4.69, 9.17) is 4.52 Å². The second-order valence-electron chi connectivity index (χ2n) is 4.30. The molecule has 1 aromatic carbocycles. The molecule has 0 aliphatic rings. The number of hydrogen-bond acceptors (Lipinski definition) is 4. The number of halogens is 1. The standard InChI is InChI=1S/C15H9BrN2O3/c16-11-6-10(7-17-8-11)13-12(15(19)20)14(21-18-13)9-4-2-1-3-5-9/h1-8H,(H,19,20). The lowest BCUT2D eigenvalue weighted by atomic mass is 10.0. The Hall–Kier alpha value is -2.47. The monoisotopic (exact) mass is 344 g/mol. The number of rotatable bonds is 3. The molecule has 2 aromatic heterocycles. The van der Waals surface area contributed by atoms with Crippen LogP contribution in [0.25, 0.3) is 22.6 Å². The van der Waals surface area contributed by atoms with Crippen LogP contribution in [0, 0.1) is 0 Å². The van der Waals surface area contributed by atoms with Crippen LogP contribution in [0.5, 0.6) is 0 Å². The number of benzene rings is 1. The Morgan fingerprint density at radius 1 is 1.14 bits per heavy atom. The lowest BCUT2D eigenvalue weighted by Gasteiger charge is -2.00. The highest BCUT2D eigenvalue weighted by molar-refractivity contribution is 9.10. The number of carboxylic acid groups (broad SMARTS) is 1. The predicted molar refractivity (Wildman–Crippen MR) is 79.8 cm³/mol. The van der Waals surface area contributed by atoms with Crippen LogP contribution < -0.4 is 0 Å². The molecule has 0 aliphatic carbocycles. The minimum Gasteiger partial charge on any atom is -0.477 e. The molecule has 0 radical (unpaired) electrons. The zero-order valence-corrected chi connectivity index (χ0v) is 12.2. The summed E-state index contributed by atoms with van der Waals surface area (Å²) in [5, 5.41) is 13.4. The highest BCUT2D eigenvalue weighted by Crippen LogP contribution is 2.32. The maximum Gasteiger partial charge on any atom is 0.342 e. The molecule has 0 spiro atoms. The summed E-state index contributed by atoms with van der Waals surface area (Å²) in [6.45, 7) is 0. The van der Waals surface area contributed by atoms with Crippen LogP contribution in [0.4, 0.5) is 0 Å². The minimum atomic E-state index is -1.09. The van der Waals surface area contributed by atoms with Crippen LogP contribution in [-0.2, 0) is 0 Å². The number of carboxylic acids is 1. The SMILES string of the molecule is O=C(O)c1c(-c2cncc(Br)c2)noc1-c1ccccc1. The van der Waals surface area contributed by atoms with Crippen molar-refractivity contribution < 1.29 is 14.4 Å². The van der Waals surface area contributed by atoms with Crippen molar-refractivity contribution in [3.63, 3.8) is 0 Å². The Morgan fingerprint density at radius 3 is 2.57 bits per heavy atom. The van der Waals surface area contributed by atoms with E-state index in [0.717, 1.165) is 4.47 Å². The van der Waals surface area contributed by atoms with Crippen LogP contribution in [-0.4, -0.2) is 21.2 Å². The molecular weight excluding hydrogens is 336 g/mol. The summed E-state index contributed by atoms with van der Waals surface area (Å²) in [6.07, 6.45) is 3.16. The van der Waals surface area contributed by atoms with Crippen molar-refractivity contribution in [3.8, 4) is 22.6 Å². The van der Waals surface area contributed by atoms with Crippen molar-refractivity contribution in [1.29, 1.82) is 0 Å². The van der Waals surface area contributed by atoms with E-state index in [1.165, 1.54) is 0 Å². The first-order chi connectivity index (χ1) is 10.2. The maximum absolute atomic E-state index is 11.6. The molecule has 21 heavy (non-hydrogen) atoms. The zero-order valence-electron chi connectivity index (χ0n) is 10.7. The van der Waals surface area contributed by atoms with Crippen LogP contribution in [0.2, 0.25) is 0 Å². The third-order valence-corrected chi connectivity index (χ3v) is 3.35. The minimum absolute atomic E-state index is 0.0288. The Bertz CT molecular complexity index is 800. The van der Waals surface area contributed by atoms with Gasteiger partial charge in [0.05, 0.1) is 0 Å². The summed E-state index contributed by atoms with van der Waals surface area (Å²) in [6, 6.07) is 10.8. The number of hydrogen-bond donors (Lipinski definition) is 1. The van der Waals surface area contributed by atoms with Crippen LogP contribution in [0.3, 0.4) is 0 Å². The molecule has 0 saturated heterocycles. The quantitative estimate of drug-likeness (QED) is 0.780. The van der Waals surface area contributed by atoms with Gasteiger partial charge in [-0.3, -0.25) is 4.98 Å². The van der Waals surface area contributed by atoms with Gasteiger partial charge in [0, 0.05) is 28.0 Å². The molecule has 3 aromatic rings. The molecule has 0 unspecified atom stereocenters. The van der Waals surface area contributed by atoms with Gasteiger partial charge < -0.3 is 9.63 Å². The molecular formula is C15H9BrN2O3. The van der Waals surface area contributed by atoms with E-state index in [2.05, 4.69) is 26.1 Å². The van der Waals surface area contributed by atoms with Crippen molar-refractivity contribution in [2.24, 2.45) is 0 Å². The summed E-state index contributed by atoms with van der Waals surface area (Å²) >= 11 is 3.30. The first kappa shape index (κ1) is 13.5. The van der Waals surface area contributed by atoms with Crippen LogP contribution in [0.1, 0.15) is 10.4 Å². The first-order valence-electron chi connectivity index (χ1n) is 6.06. The Kier molecular flexibility index (Phi) is 3.53. The second-order valence-corrected chi connectivity index (χ2v) is 5.21. The number of aromatic nitrogens is 2. The largest absolute Gasteiger partial charge is 0.477 e. The zero-order chi connectivity index (χ0) is 14.8. The molecule has 0 amide bonds. The van der Waals surface area contributed by atoms with Crippen molar-refractivity contribution in [1.82, 2.24) is 10.1 Å². The molecule has 5 nitrogen and oxygen atoms in total. The molecule has 0 atom stereocenters. The lowest BCUT2D eigenvalue weighted by Crippen LogP contribution is -1.99. The fraction of sp³-hybridized carbons (Fsp3) is 0. The molecule has 2 heterocycles. The van der Waals surface area contributed by atoms with Gasteiger partial charge in [-0.1, -0.05) is 35.5 Å². The molecule has 0 bridgehead atoms. The lowest BCUT2D eigenvalue weighted by molar-refractivity contribution is 0.0698. The van der Waals surface area contributed by atoms with Gasteiger partial charge in [0.2, 0.25) is 0 Å². The van der Waals surface area contributed by atoms with Gasteiger partial charge in [-0.05, 0) is 22.0 Å². The highest BCUT2D eigenvalue weighted by atomic mass is 79.9. The Balaban J connectivity index is 2.20. The third kappa shape index (κ3) is 2.57. The summed E-state index contributed by atoms with van der Waals surface area (Å²) in [7, 11) is 0. The average molecular weight is 345 g/mol. The van der Waals surface area contributed by atoms with Gasteiger partial charge in [0.15, 0.2) is 5.76 Å². The van der Waals surface area contributed by atoms with Gasteiger partial charge in [-0.2, -0.15) is 0 Å². The predicted octanol–water partition coefficient (Wildman–Crippen LogP) is 3.86. The van der Waals surface area contributed by atoms with E-state index in [1.807, 2.05) is 18.2 Å². The maximum atomic E-state index is 11.6. The first-order valence-corrected chi connectivity index (χ1v) is 6.85. The molecule has 0 saturated carbocycles. The summed E-state index contributed by atoms with van der Waals surface area (Å²) < 4.78 is 6.00. The summed E-state index contributed by atoms with van der Waals surface area (Å²) in [5.41, 5.74) is 1.53. The number of nitrogens with zero attached hydrogens (tertiary/aromatic N) is 2. The van der Waals surface area contributed by atoms with E-state index in [0.29, 0.717) is 11.1 Å². The molecule has 104 valence electrons. The Morgan fingerprint density at radius 2 is 1.90 bits per heavy atom. The fourth-order valence-corrected chi connectivity index (χ4v) is 2.38. The topological polar surface area (TPSA) is 76.2 Å². The van der Waals surface area contributed by atoms with Crippen molar-refractivity contribution in [3.05, 3.63) is 58.8 Å². The van der Waals surface area contributed by atoms with Crippen molar-refractivity contribution in [2.75, 3.05) is 0 Å². The van der Waals surface area contributed by atoms with Gasteiger partial charge in [-0.15, -0.1) is 0 Å². The third-order valence-electron chi connectivity index (χ3n) is 2.92. The molecule has 1 N–H and O–H groups in total. The van der Waals surface area contributed by atoms with E-state index in [-0.39, 0.29) is 17.0 Å². The van der Waals surface area contributed by atoms with Crippen LogP contribution in [0.15, 0.2) is 57.8 Å². The van der Waals surface area contributed by atoms with E-state index in [9.17, 15) is 9.90 Å². The van der Waals surface area contributed by atoms with Gasteiger partial charge in [0.1, 0.15) is 11.3 Å². The van der Waals surface area contributed by atoms with Crippen LogP contribution >= 0.6 is 15.9 Å². The molecule has 0 fully saturated rings. The van der Waals surface area contributed by atoms with Gasteiger partial charge in [0.25, 0.3) is 0 Å². The van der Waals surface area contributed by atoms with Gasteiger partial charge in [-0.25, -0.2) is 4.79 Å². The number of aromatic carboxylic acids is 1. The Labute approximate surface area is 128 Å². The second kappa shape index (κ2) is 5.49. The van der Waals surface area contributed by atoms with Crippen molar-refractivity contribution in [2.45, 2.75) is 0 Å². The van der Waals surface area contributed by atoms with Gasteiger partial charge >= 0.3 is 5.97 Å². The summed E-state index contributed by atoms with van der Waals surface area (Å²) in [5.74, 6) is -0.858. The number of carbonyl (C=O) groups is 1. The van der Waals surface area contributed by atoms with E-state index < -0.39 is 5.97 Å². The fourth-order valence-electron chi connectivity index (χ4n) is 2.01. The van der Waals surface area contributed by atoms with Crippen molar-refractivity contribution >= 4 is 21.9 Å². The van der Waals surface area contributed by atoms with E-state index in [1.54, 1.807) is 30.6 Å². The molecule has 3 rings (SSSR count). The highest BCUT2D eigenvalue weighted by Gasteiger charge is 2.24. The summed E-state index contributed by atoms with van der Waals surface area (Å²) in [4.78, 5) is 15.6. The van der Waals surface area contributed by atoms with E-state index >= 15 is 0 Å². The molecule has 0 aliphatic heterocycles. The normalized spacial score (nSPS) is 10.5. The average Bonchev–Trinajstić information content (AvgIpc) is 2.93.